The van der Waals surface area contributed by atoms with E-state index in [0.717, 1.165) is 24.9 Å². The number of hydrogen-bond donors (Lipinski definition) is 3. The van der Waals surface area contributed by atoms with E-state index < -0.39 is 5.91 Å². The summed E-state index contributed by atoms with van der Waals surface area (Å²) in [5.74, 6) is -0.436. The molecule has 3 rings (SSSR count). The van der Waals surface area contributed by atoms with Crippen molar-refractivity contribution in [2.24, 2.45) is 5.73 Å². The minimum Gasteiger partial charge on any atom is -0.399 e. The van der Waals surface area contributed by atoms with E-state index in [0.29, 0.717) is 17.3 Å². The first-order chi connectivity index (χ1) is 10.1. The third-order valence-corrected chi connectivity index (χ3v) is 4.02. The molecule has 21 heavy (non-hydrogen) atoms. The van der Waals surface area contributed by atoms with E-state index in [-0.39, 0.29) is 0 Å². The molecule has 1 aliphatic rings. The average Bonchev–Trinajstić information content (AvgIpc) is 2.47. The number of carbonyl (C=O) groups excluding carboxylic acids is 1. The highest BCUT2D eigenvalue weighted by Crippen LogP contribution is 2.26. The minimum atomic E-state index is -0.436. The molecule has 0 fully saturated rings. The van der Waals surface area contributed by atoms with Crippen LogP contribution in [0.3, 0.4) is 0 Å². The van der Waals surface area contributed by atoms with E-state index >= 15 is 0 Å². The van der Waals surface area contributed by atoms with Gasteiger partial charge in [-0.25, -0.2) is 0 Å². The number of primary amides is 1. The predicted molar refractivity (Wildman–Crippen MR) is 85.3 cm³/mol. The summed E-state index contributed by atoms with van der Waals surface area (Å²) in [5, 5.41) is 3.43. The van der Waals surface area contributed by atoms with Crippen molar-refractivity contribution in [2.75, 3.05) is 11.1 Å². The van der Waals surface area contributed by atoms with Crippen molar-refractivity contribution in [2.45, 2.75) is 25.3 Å². The van der Waals surface area contributed by atoms with Crippen LogP contribution < -0.4 is 16.8 Å². The number of nitrogens with two attached hydrogens (primary N) is 2. The van der Waals surface area contributed by atoms with Gasteiger partial charge in [-0.15, -0.1) is 0 Å². The Morgan fingerprint density at radius 3 is 2.67 bits per heavy atom. The minimum absolute atomic E-state index is 0.291. The number of nitrogens with one attached hydrogen (secondary N) is 1. The summed E-state index contributed by atoms with van der Waals surface area (Å²) in [6.07, 6.45) is 3.02. The van der Waals surface area contributed by atoms with Gasteiger partial charge in [-0.05, 0) is 48.6 Å². The molecule has 4 nitrogen and oxygen atoms in total. The third-order valence-electron chi connectivity index (χ3n) is 4.02. The number of amides is 1. The fourth-order valence-electron chi connectivity index (χ4n) is 2.94. The second-order valence-corrected chi connectivity index (χ2v) is 5.52. The number of fused-ring (bicyclic) bond motifs is 1. The summed E-state index contributed by atoms with van der Waals surface area (Å²) in [6, 6.07) is 13.9. The summed E-state index contributed by atoms with van der Waals surface area (Å²) < 4.78 is 0. The third kappa shape index (κ3) is 2.84. The highest BCUT2D eigenvalue weighted by molar-refractivity contribution is 5.99. The lowest BCUT2D eigenvalue weighted by atomic mass is 9.88. The summed E-state index contributed by atoms with van der Waals surface area (Å²) >= 11 is 0. The lowest BCUT2D eigenvalue weighted by Gasteiger charge is -2.27. The molecule has 1 unspecified atom stereocenters. The molecule has 5 N–H and O–H groups in total. The fraction of sp³-hybridized carbons (Fsp3) is 0.235. The van der Waals surface area contributed by atoms with Gasteiger partial charge in [0, 0.05) is 17.4 Å². The van der Waals surface area contributed by atoms with Crippen molar-refractivity contribution in [3.05, 3.63) is 59.2 Å². The standard InChI is InChI=1S/C17H19N3O/c18-13-6-8-15(17(19)21)16(10-13)20-14-7-5-11-3-1-2-4-12(11)9-14/h1-4,6,8,10,14,20H,5,7,9,18H2,(H2,19,21). The molecule has 0 saturated heterocycles. The van der Waals surface area contributed by atoms with E-state index in [1.807, 2.05) is 0 Å². The summed E-state index contributed by atoms with van der Waals surface area (Å²) in [4.78, 5) is 11.5. The van der Waals surface area contributed by atoms with Crippen LogP contribution in [0.5, 0.6) is 0 Å². The number of anilines is 2. The zero-order valence-corrected chi connectivity index (χ0v) is 11.8. The molecule has 4 heteroatoms. The van der Waals surface area contributed by atoms with Gasteiger partial charge in [0.25, 0.3) is 5.91 Å². The second kappa shape index (κ2) is 5.48. The van der Waals surface area contributed by atoms with Crippen LogP contribution in [-0.2, 0) is 12.8 Å². The molecule has 108 valence electrons. The first-order valence-electron chi connectivity index (χ1n) is 7.16. The average molecular weight is 281 g/mol. The van der Waals surface area contributed by atoms with Gasteiger partial charge in [-0.1, -0.05) is 24.3 Å². The van der Waals surface area contributed by atoms with Crippen molar-refractivity contribution >= 4 is 17.3 Å². The molecule has 1 aliphatic carbocycles. The van der Waals surface area contributed by atoms with Gasteiger partial charge < -0.3 is 16.8 Å². The molecule has 0 heterocycles. The van der Waals surface area contributed by atoms with Crippen LogP contribution in [0.4, 0.5) is 11.4 Å². The molecular formula is C17H19N3O. The maximum atomic E-state index is 11.5. The Hall–Kier alpha value is -2.49. The Labute approximate surface area is 124 Å². The quantitative estimate of drug-likeness (QED) is 0.755. The number of rotatable bonds is 3. The van der Waals surface area contributed by atoms with Crippen LogP contribution in [-0.4, -0.2) is 11.9 Å². The molecule has 1 atom stereocenters. The van der Waals surface area contributed by atoms with Crippen LogP contribution in [0.25, 0.3) is 0 Å². The maximum Gasteiger partial charge on any atom is 0.250 e. The van der Waals surface area contributed by atoms with Crippen LogP contribution in [0, 0.1) is 0 Å². The zero-order valence-electron chi connectivity index (χ0n) is 11.8. The van der Waals surface area contributed by atoms with Crippen molar-refractivity contribution in [3.63, 3.8) is 0 Å². The fourth-order valence-corrected chi connectivity index (χ4v) is 2.94. The number of hydrogen-bond acceptors (Lipinski definition) is 3. The van der Waals surface area contributed by atoms with Crippen LogP contribution in [0.2, 0.25) is 0 Å². The van der Waals surface area contributed by atoms with Crippen LogP contribution >= 0.6 is 0 Å². The molecular weight excluding hydrogens is 262 g/mol. The molecule has 1 amide bonds. The Morgan fingerprint density at radius 1 is 1.14 bits per heavy atom. The van der Waals surface area contributed by atoms with Crippen LogP contribution in [0.1, 0.15) is 27.9 Å². The molecule has 2 aromatic rings. The van der Waals surface area contributed by atoms with Gasteiger partial charge in [0.15, 0.2) is 0 Å². The van der Waals surface area contributed by atoms with Crippen molar-refractivity contribution < 1.29 is 4.79 Å². The van der Waals surface area contributed by atoms with E-state index in [4.69, 9.17) is 11.5 Å². The van der Waals surface area contributed by atoms with E-state index in [2.05, 4.69) is 29.6 Å². The van der Waals surface area contributed by atoms with E-state index in [9.17, 15) is 4.79 Å². The SMILES string of the molecule is NC(=O)c1ccc(N)cc1NC1CCc2ccccc2C1. The smallest absolute Gasteiger partial charge is 0.250 e. The van der Waals surface area contributed by atoms with Crippen molar-refractivity contribution in [1.82, 2.24) is 0 Å². The number of carbonyl (C=O) groups is 1. The number of aryl methyl sites for hydroxylation is 1. The summed E-state index contributed by atoms with van der Waals surface area (Å²) in [5.41, 5.74) is 15.9. The van der Waals surface area contributed by atoms with Gasteiger partial charge >= 0.3 is 0 Å². The van der Waals surface area contributed by atoms with E-state index in [1.165, 1.54) is 11.1 Å². The molecule has 0 radical (unpaired) electrons. The lowest BCUT2D eigenvalue weighted by molar-refractivity contribution is 0.100. The summed E-state index contributed by atoms with van der Waals surface area (Å²) in [7, 11) is 0. The predicted octanol–water partition coefficient (Wildman–Crippen LogP) is 2.34. The van der Waals surface area contributed by atoms with Gasteiger partial charge in [0.1, 0.15) is 0 Å². The molecule has 0 saturated carbocycles. The topological polar surface area (TPSA) is 81.1 Å². The number of nitrogen functional groups attached to an aromatic ring is 1. The van der Waals surface area contributed by atoms with Gasteiger partial charge in [0.2, 0.25) is 0 Å². The Balaban J connectivity index is 1.82. The Morgan fingerprint density at radius 2 is 1.90 bits per heavy atom. The van der Waals surface area contributed by atoms with E-state index in [1.54, 1.807) is 18.2 Å². The maximum absolute atomic E-state index is 11.5. The molecule has 0 spiro atoms. The van der Waals surface area contributed by atoms with Crippen LogP contribution in [0.15, 0.2) is 42.5 Å². The molecule has 0 aromatic heterocycles. The summed E-state index contributed by atoms with van der Waals surface area (Å²) in [6.45, 7) is 0. The van der Waals surface area contributed by atoms with Gasteiger partial charge in [-0.3, -0.25) is 4.79 Å². The normalized spacial score (nSPS) is 17.0. The molecule has 0 bridgehead atoms. The molecule has 0 aliphatic heterocycles. The first kappa shape index (κ1) is 13.5. The van der Waals surface area contributed by atoms with Gasteiger partial charge in [-0.2, -0.15) is 0 Å². The highest BCUT2D eigenvalue weighted by Gasteiger charge is 2.19. The monoisotopic (exact) mass is 281 g/mol. The van der Waals surface area contributed by atoms with Crippen molar-refractivity contribution in [1.29, 1.82) is 0 Å². The lowest BCUT2D eigenvalue weighted by Crippen LogP contribution is -2.28. The zero-order chi connectivity index (χ0) is 14.8. The first-order valence-corrected chi connectivity index (χ1v) is 7.16. The van der Waals surface area contributed by atoms with Crippen molar-refractivity contribution in [3.8, 4) is 0 Å². The van der Waals surface area contributed by atoms with Gasteiger partial charge in [0.05, 0.1) is 5.56 Å². The Bertz CT molecular complexity index is 681. The molecule has 2 aromatic carbocycles. The largest absolute Gasteiger partial charge is 0.399 e. The Kier molecular flexibility index (Phi) is 3.52. The number of benzene rings is 2. The second-order valence-electron chi connectivity index (χ2n) is 5.52. The highest BCUT2D eigenvalue weighted by atomic mass is 16.1.